The molecule has 2 rings (SSSR count). The SMILES string of the molecule is Cc1c(NC(C)C)oc2ccnc(C(C)(C)C)c12. The number of hydrogen-bond acceptors (Lipinski definition) is 3. The van der Waals surface area contributed by atoms with Gasteiger partial charge in [0.25, 0.3) is 0 Å². The number of nitrogens with one attached hydrogen (secondary N) is 1. The van der Waals surface area contributed by atoms with E-state index in [1.54, 1.807) is 0 Å². The van der Waals surface area contributed by atoms with Crippen LogP contribution < -0.4 is 5.32 Å². The number of anilines is 1. The van der Waals surface area contributed by atoms with E-state index in [-0.39, 0.29) is 5.41 Å². The highest BCUT2D eigenvalue weighted by Gasteiger charge is 2.23. The summed E-state index contributed by atoms with van der Waals surface area (Å²) in [4.78, 5) is 4.54. The number of rotatable bonds is 2. The molecule has 0 aromatic carbocycles. The molecular weight excluding hydrogens is 224 g/mol. The van der Waals surface area contributed by atoms with Gasteiger partial charge < -0.3 is 9.73 Å². The summed E-state index contributed by atoms with van der Waals surface area (Å²) in [6.45, 7) is 12.8. The van der Waals surface area contributed by atoms with Crippen LogP contribution in [0.15, 0.2) is 16.7 Å². The first-order chi connectivity index (χ1) is 8.30. The topological polar surface area (TPSA) is 38.1 Å². The molecular formula is C15H22N2O. The van der Waals surface area contributed by atoms with Crippen molar-refractivity contribution >= 4 is 16.9 Å². The first kappa shape index (κ1) is 12.9. The van der Waals surface area contributed by atoms with Crippen LogP contribution in [0.1, 0.15) is 45.9 Å². The van der Waals surface area contributed by atoms with Gasteiger partial charge in [0.15, 0.2) is 5.88 Å². The van der Waals surface area contributed by atoms with Crippen molar-refractivity contribution in [3.63, 3.8) is 0 Å². The van der Waals surface area contributed by atoms with E-state index in [0.29, 0.717) is 6.04 Å². The van der Waals surface area contributed by atoms with Gasteiger partial charge in [-0.15, -0.1) is 0 Å². The molecule has 1 N–H and O–H groups in total. The van der Waals surface area contributed by atoms with Crippen molar-refractivity contribution in [2.45, 2.75) is 53.0 Å². The van der Waals surface area contributed by atoms with Crippen molar-refractivity contribution in [1.82, 2.24) is 4.98 Å². The Morgan fingerprint density at radius 2 is 1.94 bits per heavy atom. The van der Waals surface area contributed by atoms with Gasteiger partial charge in [-0.3, -0.25) is 4.98 Å². The molecule has 0 unspecified atom stereocenters. The minimum Gasteiger partial charge on any atom is -0.440 e. The third-order valence-corrected chi connectivity index (χ3v) is 2.97. The Balaban J connectivity index is 2.66. The summed E-state index contributed by atoms with van der Waals surface area (Å²) >= 11 is 0. The van der Waals surface area contributed by atoms with E-state index in [2.05, 4.69) is 51.8 Å². The number of pyridine rings is 1. The number of aromatic nitrogens is 1. The van der Waals surface area contributed by atoms with Crippen molar-refractivity contribution in [2.24, 2.45) is 0 Å². The van der Waals surface area contributed by atoms with Crippen LogP contribution in [-0.2, 0) is 5.41 Å². The summed E-state index contributed by atoms with van der Waals surface area (Å²) in [5.74, 6) is 0.860. The Morgan fingerprint density at radius 3 is 2.50 bits per heavy atom. The van der Waals surface area contributed by atoms with E-state index in [4.69, 9.17) is 4.42 Å². The maximum Gasteiger partial charge on any atom is 0.197 e. The molecule has 3 nitrogen and oxygen atoms in total. The van der Waals surface area contributed by atoms with Crippen molar-refractivity contribution in [2.75, 3.05) is 5.32 Å². The summed E-state index contributed by atoms with van der Waals surface area (Å²) in [5.41, 5.74) is 3.17. The molecule has 0 radical (unpaired) electrons. The average molecular weight is 246 g/mol. The fourth-order valence-electron chi connectivity index (χ4n) is 2.16. The smallest absolute Gasteiger partial charge is 0.197 e. The quantitative estimate of drug-likeness (QED) is 0.860. The molecule has 0 aliphatic rings. The van der Waals surface area contributed by atoms with Gasteiger partial charge in [-0.1, -0.05) is 20.8 Å². The number of nitrogens with zero attached hydrogens (tertiary/aromatic N) is 1. The van der Waals surface area contributed by atoms with Gasteiger partial charge in [-0.25, -0.2) is 0 Å². The van der Waals surface area contributed by atoms with Crippen LogP contribution in [0.3, 0.4) is 0 Å². The molecule has 0 fully saturated rings. The van der Waals surface area contributed by atoms with Gasteiger partial charge in [-0.05, 0) is 26.8 Å². The molecule has 0 aliphatic heterocycles. The summed E-state index contributed by atoms with van der Waals surface area (Å²) < 4.78 is 5.89. The Hall–Kier alpha value is -1.51. The molecule has 0 atom stereocenters. The van der Waals surface area contributed by atoms with E-state index in [9.17, 15) is 0 Å². The number of furan rings is 1. The second kappa shape index (κ2) is 4.30. The van der Waals surface area contributed by atoms with Crippen LogP contribution in [-0.4, -0.2) is 11.0 Å². The van der Waals surface area contributed by atoms with Crippen LogP contribution in [0.25, 0.3) is 11.0 Å². The van der Waals surface area contributed by atoms with Crippen LogP contribution in [0.5, 0.6) is 0 Å². The lowest BCUT2D eigenvalue weighted by Crippen LogP contribution is -2.14. The second-order valence-corrected chi connectivity index (χ2v) is 6.14. The Kier molecular flexibility index (Phi) is 3.09. The first-order valence-electron chi connectivity index (χ1n) is 6.46. The fraction of sp³-hybridized carbons (Fsp3) is 0.533. The van der Waals surface area contributed by atoms with Crippen LogP contribution in [0.4, 0.5) is 5.88 Å². The predicted octanol–water partition coefficient (Wildman–Crippen LogP) is 4.25. The molecule has 2 aromatic heterocycles. The largest absolute Gasteiger partial charge is 0.440 e. The van der Waals surface area contributed by atoms with Gasteiger partial charge in [0.2, 0.25) is 0 Å². The zero-order chi connectivity index (χ0) is 13.5. The van der Waals surface area contributed by atoms with E-state index >= 15 is 0 Å². The van der Waals surface area contributed by atoms with Gasteiger partial charge in [0.1, 0.15) is 5.58 Å². The van der Waals surface area contributed by atoms with E-state index < -0.39 is 0 Å². The van der Waals surface area contributed by atoms with E-state index in [1.807, 2.05) is 12.3 Å². The van der Waals surface area contributed by atoms with Crippen molar-refractivity contribution < 1.29 is 4.42 Å². The lowest BCUT2D eigenvalue weighted by molar-refractivity contribution is 0.573. The highest BCUT2D eigenvalue weighted by molar-refractivity contribution is 5.88. The van der Waals surface area contributed by atoms with Gasteiger partial charge in [0, 0.05) is 28.6 Å². The zero-order valence-corrected chi connectivity index (χ0v) is 12.1. The van der Waals surface area contributed by atoms with Crippen LogP contribution in [0, 0.1) is 6.92 Å². The maximum absolute atomic E-state index is 5.89. The Labute approximate surface area is 109 Å². The van der Waals surface area contributed by atoms with Crippen LogP contribution >= 0.6 is 0 Å². The third-order valence-electron chi connectivity index (χ3n) is 2.97. The molecule has 0 bridgehead atoms. The lowest BCUT2D eigenvalue weighted by atomic mass is 9.88. The monoisotopic (exact) mass is 246 g/mol. The molecule has 0 saturated heterocycles. The molecule has 18 heavy (non-hydrogen) atoms. The number of aryl methyl sites for hydroxylation is 1. The Bertz CT molecular complexity index is 562. The lowest BCUT2D eigenvalue weighted by Gasteiger charge is -2.18. The highest BCUT2D eigenvalue weighted by atomic mass is 16.3. The summed E-state index contributed by atoms with van der Waals surface area (Å²) in [5, 5.41) is 4.49. The second-order valence-electron chi connectivity index (χ2n) is 6.14. The van der Waals surface area contributed by atoms with Crippen LogP contribution in [0.2, 0.25) is 0 Å². The molecule has 0 aliphatic carbocycles. The van der Waals surface area contributed by atoms with E-state index in [1.165, 1.54) is 0 Å². The van der Waals surface area contributed by atoms with E-state index in [0.717, 1.165) is 28.1 Å². The van der Waals surface area contributed by atoms with Crippen molar-refractivity contribution in [3.05, 3.63) is 23.5 Å². The predicted molar refractivity (Wildman–Crippen MR) is 76.2 cm³/mol. The molecule has 0 spiro atoms. The molecule has 98 valence electrons. The minimum atomic E-state index is 0.0171. The molecule has 0 amide bonds. The normalized spacial score (nSPS) is 12.4. The third kappa shape index (κ3) is 2.22. The molecule has 0 saturated carbocycles. The summed E-state index contributed by atoms with van der Waals surface area (Å²) in [6, 6.07) is 2.29. The van der Waals surface area contributed by atoms with Gasteiger partial charge in [0.05, 0.1) is 5.69 Å². The van der Waals surface area contributed by atoms with Crippen molar-refractivity contribution in [3.8, 4) is 0 Å². The number of hydrogen-bond donors (Lipinski definition) is 1. The Morgan fingerprint density at radius 1 is 1.28 bits per heavy atom. The standard InChI is InChI=1S/C15H22N2O/c1-9(2)17-14-10(3)12-11(18-14)7-8-16-13(12)15(4,5)6/h7-9,17H,1-6H3. The maximum atomic E-state index is 5.89. The summed E-state index contributed by atoms with van der Waals surface area (Å²) in [7, 11) is 0. The van der Waals surface area contributed by atoms with Gasteiger partial charge in [-0.2, -0.15) is 0 Å². The van der Waals surface area contributed by atoms with Gasteiger partial charge >= 0.3 is 0 Å². The number of fused-ring (bicyclic) bond motifs is 1. The minimum absolute atomic E-state index is 0.0171. The fourth-order valence-corrected chi connectivity index (χ4v) is 2.16. The summed E-state index contributed by atoms with van der Waals surface area (Å²) in [6.07, 6.45) is 1.82. The molecule has 2 aromatic rings. The highest BCUT2D eigenvalue weighted by Crippen LogP contribution is 2.35. The van der Waals surface area contributed by atoms with Crippen molar-refractivity contribution in [1.29, 1.82) is 0 Å². The molecule has 3 heteroatoms. The molecule has 2 heterocycles. The first-order valence-corrected chi connectivity index (χ1v) is 6.46. The average Bonchev–Trinajstić information content (AvgIpc) is 2.54. The zero-order valence-electron chi connectivity index (χ0n) is 12.1.